The largest absolute Gasteiger partial charge is 0.414 e. The number of Topliss-reactive ketones (excluding diaryl/α,β-unsaturated/α-hetero) is 1. The van der Waals surface area contributed by atoms with Crippen molar-refractivity contribution >= 4 is 25.3 Å². The number of nitrogens with zero attached hydrogens (tertiary/aromatic N) is 4. The van der Waals surface area contributed by atoms with E-state index in [1.807, 2.05) is 60.6 Å². The molecule has 1 aliphatic heterocycles. The van der Waals surface area contributed by atoms with Crippen molar-refractivity contribution in [3.8, 4) is 0 Å². The molecule has 2 rings (SSSR count). The third-order valence-corrected chi connectivity index (χ3v) is 7.45. The van der Waals surface area contributed by atoms with Gasteiger partial charge in [0.15, 0.2) is 0 Å². The molecule has 0 aliphatic carbocycles. The molecular formula is C31H54GdN5O8-. The van der Waals surface area contributed by atoms with Crippen molar-refractivity contribution in [2.24, 2.45) is 0 Å². The number of benzene rings is 1. The molecule has 260 valence electrons. The Kier molecular flexibility index (Phi) is 31.9. The van der Waals surface area contributed by atoms with E-state index in [1.165, 1.54) is 6.61 Å². The second-order valence-corrected chi connectivity index (χ2v) is 10.6. The Morgan fingerprint density at radius 2 is 1.33 bits per heavy atom. The summed E-state index contributed by atoms with van der Waals surface area (Å²) in [5.41, 5.74) is 0.667. The fourth-order valence-corrected chi connectivity index (χ4v) is 4.73. The Labute approximate surface area is 300 Å². The van der Waals surface area contributed by atoms with Crippen molar-refractivity contribution in [3.63, 3.8) is 0 Å². The summed E-state index contributed by atoms with van der Waals surface area (Å²) in [6.07, 6.45) is 4.70. The van der Waals surface area contributed by atoms with Gasteiger partial charge < -0.3 is 39.8 Å². The van der Waals surface area contributed by atoms with Crippen LogP contribution in [-0.2, 0) is 19.3 Å². The molecule has 0 radical (unpaired) electrons. The zero-order valence-electron chi connectivity index (χ0n) is 26.7. The maximum Gasteiger partial charge on any atom is 0.251 e. The Balaban J connectivity index is 0. The second kappa shape index (κ2) is 31.3. The molecule has 4 N–H and O–H groups in total. The van der Waals surface area contributed by atoms with Crippen molar-refractivity contribution in [2.75, 3.05) is 78.9 Å². The van der Waals surface area contributed by atoms with Gasteiger partial charge in [-0.1, -0.05) is 31.0 Å². The summed E-state index contributed by atoms with van der Waals surface area (Å²) in [5, 5.41) is 31.2. The fourth-order valence-electron chi connectivity index (χ4n) is 4.73. The molecule has 14 heteroatoms. The zero-order valence-corrected chi connectivity index (χ0v) is 29.0. The Bertz CT molecular complexity index is 859. The van der Waals surface area contributed by atoms with E-state index in [9.17, 15) is 19.8 Å². The summed E-state index contributed by atoms with van der Waals surface area (Å²) in [5.74, 6) is 0.204. The number of hydrogen-bond donors (Lipinski definition) is 4. The van der Waals surface area contributed by atoms with Gasteiger partial charge in [0.05, 0.1) is 13.5 Å². The number of aliphatic hydroxyl groups is 2. The van der Waals surface area contributed by atoms with Gasteiger partial charge in [-0.2, -0.15) is 6.61 Å². The van der Waals surface area contributed by atoms with Gasteiger partial charge in [0.1, 0.15) is 19.4 Å². The molecule has 1 heterocycles. The van der Waals surface area contributed by atoms with Crippen LogP contribution in [0.4, 0.5) is 0 Å². The topological polar surface area (TPSA) is 163 Å². The van der Waals surface area contributed by atoms with Crippen LogP contribution < -0.4 is 5.32 Å². The molecule has 1 aliphatic rings. The molecular weight excluding hydrogens is 728 g/mol. The van der Waals surface area contributed by atoms with Crippen molar-refractivity contribution in [2.45, 2.75) is 51.5 Å². The molecule has 45 heavy (non-hydrogen) atoms. The Morgan fingerprint density at radius 1 is 0.822 bits per heavy atom. The smallest absolute Gasteiger partial charge is 0.251 e. The number of nitrogens with one attached hydrogen (secondary N) is 1. The fraction of sp³-hybridized carbons (Fsp3) is 0.645. The Morgan fingerprint density at radius 3 is 1.84 bits per heavy atom. The van der Waals surface area contributed by atoms with Crippen LogP contribution in [0.15, 0.2) is 30.3 Å². The minimum Gasteiger partial charge on any atom is -0.414 e. The Hall–Kier alpha value is -1.30. The molecule has 0 spiro atoms. The van der Waals surface area contributed by atoms with Crippen LogP contribution in [0.1, 0.15) is 55.8 Å². The maximum absolute atomic E-state index is 12.6. The standard InChI is InChI=1S/C29H50N5O6.2CH2O.Gd/c1-26(30-29(38)27-9-5-3-6-10-27)8-4-2-7-11-28(37)12-13-31-14-15-32(22-23-40-39)17-19-34(25-36)21-20-33(24-35)18-16-31;2*1-2;/h3,5-6,9-10,23,26,35-36,39H,2,4,7-8,11-22,24-25H2,1H3,(H,30,38);2*1H2;/q-1;;;. The summed E-state index contributed by atoms with van der Waals surface area (Å²) in [7, 11) is 0. The minimum absolute atomic E-state index is 0. The monoisotopic (exact) mass is 782 g/mol. The SMILES string of the molecule is C=O.C=O.CC(CCCCCC(=O)CCN1CCN(CO)CCN(CO)CCN(C[CH-]OO)CC1)NC(=O)c1ccccc1.[Gd]. The number of carbonyl (C=O) groups excluding carboxylic acids is 4. The summed E-state index contributed by atoms with van der Waals surface area (Å²) >= 11 is 0. The molecule has 0 aromatic heterocycles. The number of aliphatic hydroxyl groups excluding tert-OH is 2. The average Bonchev–Trinajstić information content (AvgIpc) is 3.06. The van der Waals surface area contributed by atoms with Crippen molar-refractivity contribution in [3.05, 3.63) is 42.5 Å². The van der Waals surface area contributed by atoms with E-state index in [0.717, 1.165) is 45.3 Å². The van der Waals surface area contributed by atoms with Gasteiger partial charge in [0.25, 0.3) is 5.91 Å². The molecule has 1 aromatic rings. The molecule has 1 amide bonds. The second-order valence-electron chi connectivity index (χ2n) is 10.6. The van der Waals surface area contributed by atoms with Crippen LogP contribution in [0.3, 0.4) is 0 Å². The van der Waals surface area contributed by atoms with Crippen molar-refractivity contribution < 1.29 is 79.5 Å². The predicted octanol–water partition coefficient (Wildman–Crippen LogP) is 1.12. The van der Waals surface area contributed by atoms with Gasteiger partial charge in [-0.3, -0.25) is 24.6 Å². The van der Waals surface area contributed by atoms with Gasteiger partial charge >= 0.3 is 0 Å². The normalized spacial score (nSPS) is 16.3. The molecule has 1 fully saturated rings. The molecule has 1 saturated heterocycles. The van der Waals surface area contributed by atoms with E-state index in [-0.39, 0.29) is 71.1 Å². The first-order valence-corrected chi connectivity index (χ1v) is 15.1. The van der Waals surface area contributed by atoms with E-state index in [2.05, 4.69) is 20.0 Å². The maximum atomic E-state index is 12.6. The van der Waals surface area contributed by atoms with E-state index >= 15 is 0 Å². The van der Waals surface area contributed by atoms with Gasteiger partial charge in [-0.05, 0) is 31.9 Å². The number of amides is 1. The molecule has 1 atom stereocenters. The van der Waals surface area contributed by atoms with Crippen molar-refractivity contribution in [1.29, 1.82) is 0 Å². The first-order chi connectivity index (χ1) is 21.4. The molecule has 13 nitrogen and oxygen atoms in total. The van der Waals surface area contributed by atoms with Gasteiger partial charge in [0.2, 0.25) is 0 Å². The number of rotatable bonds is 16. The van der Waals surface area contributed by atoms with Crippen LogP contribution >= 0.6 is 0 Å². The summed E-state index contributed by atoms with van der Waals surface area (Å²) in [4.78, 5) is 53.3. The zero-order chi connectivity index (χ0) is 33.0. The quantitative estimate of drug-likeness (QED) is 0.0820. The summed E-state index contributed by atoms with van der Waals surface area (Å²) in [6.45, 7) is 13.9. The number of hydrogen-bond acceptors (Lipinski definition) is 12. The van der Waals surface area contributed by atoms with Crippen LogP contribution in [0.5, 0.6) is 0 Å². The van der Waals surface area contributed by atoms with Gasteiger partial charge in [0, 0.05) is 123 Å². The molecule has 1 unspecified atom stereocenters. The number of unbranched alkanes of at least 4 members (excludes halogenated alkanes) is 2. The van der Waals surface area contributed by atoms with Crippen LogP contribution in [0.2, 0.25) is 0 Å². The minimum atomic E-state index is -0.0535. The first kappa shape index (κ1) is 45.8. The third-order valence-electron chi connectivity index (χ3n) is 7.45. The predicted molar refractivity (Wildman–Crippen MR) is 169 cm³/mol. The first-order valence-electron chi connectivity index (χ1n) is 15.1. The summed E-state index contributed by atoms with van der Waals surface area (Å²) < 4.78 is 0. The van der Waals surface area contributed by atoms with E-state index in [0.29, 0.717) is 64.2 Å². The van der Waals surface area contributed by atoms with E-state index in [1.54, 1.807) is 0 Å². The molecule has 0 saturated carbocycles. The van der Waals surface area contributed by atoms with Crippen molar-refractivity contribution in [1.82, 2.24) is 24.9 Å². The van der Waals surface area contributed by atoms with Gasteiger partial charge in [-0.15, -0.1) is 6.54 Å². The molecule has 1 aromatic carbocycles. The van der Waals surface area contributed by atoms with E-state index in [4.69, 9.17) is 14.8 Å². The number of carbonyl (C=O) groups is 4. The van der Waals surface area contributed by atoms with Crippen LogP contribution in [0.25, 0.3) is 0 Å². The van der Waals surface area contributed by atoms with E-state index < -0.39 is 0 Å². The molecule has 0 bridgehead atoms. The third kappa shape index (κ3) is 22.8. The summed E-state index contributed by atoms with van der Waals surface area (Å²) in [6, 6.07) is 9.30. The van der Waals surface area contributed by atoms with Crippen LogP contribution in [0, 0.1) is 46.5 Å². The number of ketones is 1. The van der Waals surface area contributed by atoms with Crippen LogP contribution in [-0.4, -0.2) is 145 Å². The average molecular weight is 782 g/mol. The van der Waals surface area contributed by atoms with Gasteiger partial charge in [-0.25, -0.2) is 0 Å².